The number of thiazole rings is 2. The van der Waals surface area contributed by atoms with E-state index in [0.717, 1.165) is 0 Å². The second kappa shape index (κ2) is 9.41. The van der Waals surface area contributed by atoms with Gasteiger partial charge in [0.15, 0.2) is 16.7 Å². The topological polar surface area (TPSA) is 73.3 Å². The van der Waals surface area contributed by atoms with Crippen LogP contribution < -0.4 is 14.8 Å². The first-order chi connectivity index (χ1) is 15.4. The van der Waals surface area contributed by atoms with Gasteiger partial charge < -0.3 is 9.47 Å². The number of anilines is 1. The van der Waals surface area contributed by atoms with Crippen molar-refractivity contribution in [3.8, 4) is 22.8 Å². The van der Waals surface area contributed by atoms with Crippen LogP contribution in [0, 0.1) is 18.6 Å². The molecule has 0 unspecified atom stereocenters. The molecule has 0 saturated carbocycles. The maximum atomic E-state index is 14.0. The molecule has 32 heavy (non-hydrogen) atoms. The molecule has 0 fully saturated rings. The summed E-state index contributed by atoms with van der Waals surface area (Å²) < 4.78 is 37.5. The number of rotatable bonds is 7. The number of hydrogen-bond acceptors (Lipinski definition) is 7. The van der Waals surface area contributed by atoms with E-state index in [2.05, 4.69) is 15.3 Å². The van der Waals surface area contributed by atoms with Crippen molar-refractivity contribution >= 4 is 33.7 Å². The van der Waals surface area contributed by atoms with Crippen LogP contribution in [0.4, 0.5) is 13.9 Å². The van der Waals surface area contributed by atoms with Crippen LogP contribution in [0.5, 0.6) is 11.5 Å². The molecule has 0 aliphatic carbocycles. The SMILES string of the molecule is COc1ccc(-c2csc(NC(=O)c3sc(COc4ccc(F)cc4)nc3C)n2)cc1F. The normalized spacial score (nSPS) is 10.8. The van der Waals surface area contributed by atoms with Gasteiger partial charge in [0.05, 0.1) is 18.5 Å². The van der Waals surface area contributed by atoms with Crippen molar-refractivity contribution in [2.45, 2.75) is 13.5 Å². The van der Waals surface area contributed by atoms with Gasteiger partial charge in [-0.3, -0.25) is 10.1 Å². The van der Waals surface area contributed by atoms with Gasteiger partial charge in [0.25, 0.3) is 5.91 Å². The molecule has 0 aliphatic heterocycles. The van der Waals surface area contributed by atoms with Gasteiger partial charge in [-0.15, -0.1) is 22.7 Å². The fourth-order valence-electron chi connectivity index (χ4n) is 2.84. The number of hydrogen-bond donors (Lipinski definition) is 1. The molecule has 1 N–H and O–H groups in total. The molecule has 4 aromatic rings. The number of methoxy groups -OCH3 is 1. The minimum Gasteiger partial charge on any atom is -0.494 e. The van der Waals surface area contributed by atoms with Crippen molar-refractivity contribution in [3.05, 3.63) is 75.1 Å². The number of aryl methyl sites for hydroxylation is 1. The van der Waals surface area contributed by atoms with Gasteiger partial charge in [0.1, 0.15) is 28.1 Å². The zero-order chi connectivity index (χ0) is 22.7. The van der Waals surface area contributed by atoms with E-state index in [1.807, 2.05) is 0 Å². The molecule has 0 radical (unpaired) electrons. The largest absolute Gasteiger partial charge is 0.494 e. The molecule has 6 nitrogen and oxygen atoms in total. The fraction of sp³-hybridized carbons (Fsp3) is 0.136. The van der Waals surface area contributed by atoms with E-state index < -0.39 is 5.82 Å². The van der Waals surface area contributed by atoms with Crippen LogP contribution >= 0.6 is 22.7 Å². The molecule has 4 rings (SSSR count). The Morgan fingerprint density at radius 2 is 1.91 bits per heavy atom. The van der Waals surface area contributed by atoms with E-state index in [9.17, 15) is 13.6 Å². The van der Waals surface area contributed by atoms with Crippen molar-refractivity contribution in [2.24, 2.45) is 0 Å². The van der Waals surface area contributed by atoms with Crippen molar-refractivity contribution in [2.75, 3.05) is 12.4 Å². The summed E-state index contributed by atoms with van der Waals surface area (Å²) in [4.78, 5) is 21.9. The van der Waals surface area contributed by atoms with Crippen LogP contribution in [0.2, 0.25) is 0 Å². The first-order valence-electron chi connectivity index (χ1n) is 9.38. The zero-order valence-corrected chi connectivity index (χ0v) is 18.7. The number of aromatic nitrogens is 2. The molecule has 2 aromatic carbocycles. The molecular formula is C22H17F2N3O3S2. The van der Waals surface area contributed by atoms with Crippen LogP contribution in [0.15, 0.2) is 47.8 Å². The van der Waals surface area contributed by atoms with Gasteiger partial charge in [-0.25, -0.2) is 18.7 Å². The maximum Gasteiger partial charge on any atom is 0.269 e. The number of nitrogens with one attached hydrogen (secondary N) is 1. The Kier molecular flexibility index (Phi) is 6.42. The van der Waals surface area contributed by atoms with Gasteiger partial charge in [-0.1, -0.05) is 0 Å². The van der Waals surface area contributed by atoms with Crippen LogP contribution in [-0.4, -0.2) is 23.0 Å². The highest BCUT2D eigenvalue weighted by Gasteiger charge is 2.18. The highest BCUT2D eigenvalue weighted by molar-refractivity contribution is 7.15. The summed E-state index contributed by atoms with van der Waals surface area (Å²) in [6.45, 7) is 1.90. The van der Waals surface area contributed by atoms with E-state index in [4.69, 9.17) is 9.47 Å². The fourth-order valence-corrected chi connectivity index (χ4v) is 4.43. The summed E-state index contributed by atoms with van der Waals surface area (Å²) >= 11 is 2.45. The van der Waals surface area contributed by atoms with Crippen molar-refractivity contribution in [1.82, 2.24) is 9.97 Å². The maximum absolute atomic E-state index is 14.0. The number of carbonyl (C=O) groups is 1. The first-order valence-corrected chi connectivity index (χ1v) is 11.1. The van der Waals surface area contributed by atoms with Crippen molar-refractivity contribution < 1.29 is 23.0 Å². The predicted octanol–water partition coefficient (Wildman–Crippen LogP) is 5.69. The molecule has 0 atom stereocenters. The zero-order valence-electron chi connectivity index (χ0n) is 17.0. The molecule has 2 heterocycles. The number of benzene rings is 2. The second-order valence-corrected chi connectivity index (χ2v) is 8.55. The Morgan fingerprint density at radius 3 is 2.62 bits per heavy atom. The van der Waals surface area contributed by atoms with Gasteiger partial charge in [0, 0.05) is 10.9 Å². The number of ether oxygens (including phenoxy) is 2. The van der Waals surface area contributed by atoms with Crippen LogP contribution in [0.3, 0.4) is 0 Å². The standard InChI is InChI=1S/C22H17F2N3O3S2/c1-12-20(32-19(25-12)10-30-15-6-4-14(23)5-7-15)21(28)27-22-26-17(11-31-22)13-3-8-18(29-2)16(24)9-13/h3-9,11H,10H2,1-2H3,(H,26,27,28). The Balaban J connectivity index is 1.42. The Bertz CT molecular complexity index is 1260. The Hall–Kier alpha value is -3.37. The van der Waals surface area contributed by atoms with Crippen LogP contribution in [-0.2, 0) is 6.61 Å². The van der Waals surface area contributed by atoms with Gasteiger partial charge >= 0.3 is 0 Å². The number of amides is 1. The summed E-state index contributed by atoms with van der Waals surface area (Å²) in [6.07, 6.45) is 0. The summed E-state index contributed by atoms with van der Waals surface area (Å²) in [5.41, 5.74) is 1.69. The quantitative estimate of drug-likeness (QED) is 0.373. The monoisotopic (exact) mass is 473 g/mol. The molecule has 2 aromatic heterocycles. The number of halogens is 2. The molecule has 164 valence electrons. The number of nitrogens with zero attached hydrogens (tertiary/aromatic N) is 2. The van der Waals surface area contributed by atoms with Gasteiger partial charge in [-0.05, 0) is 49.4 Å². The highest BCUT2D eigenvalue weighted by Crippen LogP contribution is 2.29. The average Bonchev–Trinajstić information content (AvgIpc) is 3.39. The summed E-state index contributed by atoms with van der Waals surface area (Å²) in [5.74, 6) is -0.508. The Labute approximate surface area is 190 Å². The van der Waals surface area contributed by atoms with E-state index in [1.165, 1.54) is 66.2 Å². The Morgan fingerprint density at radius 1 is 1.12 bits per heavy atom. The summed E-state index contributed by atoms with van der Waals surface area (Å²) in [6, 6.07) is 10.2. The van der Waals surface area contributed by atoms with E-state index in [0.29, 0.717) is 37.7 Å². The first kappa shape index (κ1) is 21.8. The molecule has 1 amide bonds. The third-order valence-corrected chi connectivity index (χ3v) is 6.28. The molecule has 0 saturated heterocycles. The predicted molar refractivity (Wildman–Crippen MR) is 120 cm³/mol. The average molecular weight is 474 g/mol. The molecule has 0 spiro atoms. The minimum absolute atomic E-state index is 0.150. The van der Waals surface area contributed by atoms with Gasteiger partial charge in [-0.2, -0.15) is 0 Å². The summed E-state index contributed by atoms with van der Waals surface area (Å²) in [7, 11) is 1.40. The third-order valence-electron chi connectivity index (χ3n) is 4.40. The summed E-state index contributed by atoms with van der Waals surface area (Å²) in [5, 5.41) is 5.50. The van der Waals surface area contributed by atoms with E-state index in [-0.39, 0.29) is 24.1 Å². The lowest BCUT2D eigenvalue weighted by atomic mass is 10.1. The van der Waals surface area contributed by atoms with Crippen molar-refractivity contribution in [1.29, 1.82) is 0 Å². The lowest BCUT2D eigenvalue weighted by molar-refractivity contribution is 0.103. The van der Waals surface area contributed by atoms with Crippen LogP contribution in [0.1, 0.15) is 20.4 Å². The molecule has 10 heteroatoms. The van der Waals surface area contributed by atoms with Gasteiger partial charge in [0.2, 0.25) is 0 Å². The lowest BCUT2D eigenvalue weighted by Crippen LogP contribution is -2.11. The molecule has 0 bridgehead atoms. The molecule has 0 aliphatic rings. The van der Waals surface area contributed by atoms with E-state index in [1.54, 1.807) is 18.4 Å². The van der Waals surface area contributed by atoms with Crippen LogP contribution in [0.25, 0.3) is 11.3 Å². The highest BCUT2D eigenvalue weighted by atomic mass is 32.1. The van der Waals surface area contributed by atoms with E-state index >= 15 is 0 Å². The lowest BCUT2D eigenvalue weighted by Gasteiger charge is -2.03. The second-order valence-electron chi connectivity index (χ2n) is 6.61. The van der Waals surface area contributed by atoms with Crippen molar-refractivity contribution in [3.63, 3.8) is 0 Å². The smallest absolute Gasteiger partial charge is 0.269 e. The molecular weight excluding hydrogens is 456 g/mol. The number of carbonyl (C=O) groups excluding carboxylic acids is 1. The third kappa shape index (κ3) is 4.92. The minimum atomic E-state index is -0.487.